The van der Waals surface area contributed by atoms with Gasteiger partial charge < -0.3 is 0 Å². The summed E-state index contributed by atoms with van der Waals surface area (Å²) in [5.41, 5.74) is 0. The molecule has 0 aromatic heterocycles. The van der Waals surface area contributed by atoms with Crippen molar-refractivity contribution in [3.8, 4) is 0 Å². The van der Waals surface area contributed by atoms with Crippen molar-refractivity contribution in [2.45, 2.75) is 103 Å². The molecule has 4 aliphatic rings. The van der Waals surface area contributed by atoms with Crippen LogP contribution in [0.3, 0.4) is 0 Å². The van der Waals surface area contributed by atoms with Gasteiger partial charge in [-0.1, -0.05) is 73.7 Å². The SMILES string of the molecule is BrCCCCCCCCCCCCC1[C@H]2C[C@@H]3C[C@@H](C[C@H]1C3)C2. The first kappa shape index (κ1) is 18.3. The van der Waals surface area contributed by atoms with Crippen LogP contribution < -0.4 is 0 Å². The summed E-state index contributed by atoms with van der Waals surface area (Å²) in [4.78, 5) is 0. The molecule has 0 radical (unpaired) electrons. The van der Waals surface area contributed by atoms with Crippen LogP contribution in [0.5, 0.6) is 0 Å². The highest BCUT2D eigenvalue weighted by Gasteiger charge is 2.47. The average molecular weight is 383 g/mol. The molecule has 0 aromatic rings. The molecule has 0 N–H and O–H groups in total. The van der Waals surface area contributed by atoms with E-state index in [2.05, 4.69) is 15.9 Å². The van der Waals surface area contributed by atoms with Gasteiger partial charge in [0.05, 0.1) is 0 Å². The van der Waals surface area contributed by atoms with Gasteiger partial charge in [-0.05, 0) is 74.5 Å². The fourth-order valence-electron chi connectivity index (χ4n) is 6.40. The third kappa shape index (κ3) is 5.48. The molecule has 0 spiro atoms. The topological polar surface area (TPSA) is 0 Å². The summed E-state index contributed by atoms with van der Waals surface area (Å²) in [6.07, 6.45) is 24.4. The molecule has 4 fully saturated rings. The van der Waals surface area contributed by atoms with E-state index in [1.807, 2.05) is 0 Å². The lowest BCUT2D eigenvalue weighted by Crippen LogP contribution is -2.44. The molecular weight excluding hydrogens is 344 g/mol. The van der Waals surface area contributed by atoms with Gasteiger partial charge in [0.25, 0.3) is 0 Å². The second-order valence-electron chi connectivity index (χ2n) is 9.11. The number of unbranched alkanes of at least 4 members (excludes halogenated alkanes) is 9. The van der Waals surface area contributed by atoms with E-state index in [0.717, 1.165) is 29.6 Å². The van der Waals surface area contributed by atoms with Crippen LogP contribution >= 0.6 is 15.9 Å². The molecule has 0 atom stereocenters. The molecule has 0 saturated heterocycles. The summed E-state index contributed by atoms with van der Waals surface area (Å²) >= 11 is 3.52. The van der Waals surface area contributed by atoms with Gasteiger partial charge in [0.2, 0.25) is 0 Å². The van der Waals surface area contributed by atoms with Crippen LogP contribution in [-0.2, 0) is 0 Å². The minimum atomic E-state index is 1.15. The first-order valence-electron chi connectivity index (χ1n) is 10.9. The van der Waals surface area contributed by atoms with Crippen molar-refractivity contribution in [2.24, 2.45) is 29.6 Å². The molecule has 0 aliphatic heterocycles. The Balaban J connectivity index is 1.16. The molecule has 1 heteroatoms. The summed E-state index contributed by atoms with van der Waals surface area (Å²) < 4.78 is 0. The van der Waals surface area contributed by atoms with E-state index in [-0.39, 0.29) is 0 Å². The van der Waals surface area contributed by atoms with Crippen LogP contribution in [0.4, 0.5) is 0 Å². The second kappa shape index (κ2) is 9.83. The summed E-state index contributed by atoms with van der Waals surface area (Å²) in [5, 5.41) is 1.19. The minimum absolute atomic E-state index is 1.15. The van der Waals surface area contributed by atoms with Gasteiger partial charge in [-0.3, -0.25) is 0 Å². The number of hydrogen-bond acceptors (Lipinski definition) is 0. The van der Waals surface area contributed by atoms with E-state index in [0.29, 0.717) is 0 Å². The first-order valence-corrected chi connectivity index (χ1v) is 12.0. The maximum atomic E-state index is 3.52. The zero-order chi connectivity index (χ0) is 15.9. The highest BCUT2D eigenvalue weighted by Crippen LogP contribution is 2.57. The van der Waals surface area contributed by atoms with Gasteiger partial charge in [0, 0.05) is 5.33 Å². The van der Waals surface area contributed by atoms with Crippen LogP contribution in [0.15, 0.2) is 0 Å². The van der Waals surface area contributed by atoms with Gasteiger partial charge in [-0.15, -0.1) is 0 Å². The van der Waals surface area contributed by atoms with Crippen molar-refractivity contribution in [1.82, 2.24) is 0 Å². The Morgan fingerprint density at radius 2 is 0.957 bits per heavy atom. The molecule has 4 rings (SSSR count). The lowest BCUT2D eigenvalue weighted by Gasteiger charge is -2.54. The van der Waals surface area contributed by atoms with E-state index in [9.17, 15) is 0 Å². The zero-order valence-electron chi connectivity index (χ0n) is 15.3. The van der Waals surface area contributed by atoms with Crippen LogP contribution in [0.25, 0.3) is 0 Å². The Kier molecular flexibility index (Phi) is 7.81. The van der Waals surface area contributed by atoms with Crippen molar-refractivity contribution in [3.05, 3.63) is 0 Å². The van der Waals surface area contributed by atoms with Gasteiger partial charge in [0.1, 0.15) is 0 Å². The van der Waals surface area contributed by atoms with E-state index < -0.39 is 0 Å². The molecule has 0 amide bonds. The molecule has 4 saturated carbocycles. The third-order valence-electron chi connectivity index (χ3n) is 7.34. The Hall–Kier alpha value is 0.480. The lowest BCUT2D eigenvalue weighted by molar-refractivity contribution is -0.0404. The Labute approximate surface area is 153 Å². The Morgan fingerprint density at radius 1 is 0.522 bits per heavy atom. The van der Waals surface area contributed by atoms with Crippen LogP contribution in [0, 0.1) is 29.6 Å². The van der Waals surface area contributed by atoms with Gasteiger partial charge in [-0.25, -0.2) is 0 Å². The van der Waals surface area contributed by atoms with E-state index in [1.54, 1.807) is 38.5 Å². The standard InChI is InChI=1S/C22H39Br/c23-12-10-8-6-4-2-1-3-5-7-9-11-22-20-14-18-13-19(16-20)17-21(22)15-18/h18-22H,1-17H2/t18-,19+,20-,21+,22?. The molecule has 0 aromatic carbocycles. The zero-order valence-corrected chi connectivity index (χ0v) is 16.9. The number of alkyl halides is 1. The number of halogens is 1. The van der Waals surface area contributed by atoms with Gasteiger partial charge in [-0.2, -0.15) is 0 Å². The summed E-state index contributed by atoms with van der Waals surface area (Å²) in [7, 11) is 0. The maximum Gasteiger partial charge on any atom is 0.00313 e. The van der Waals surface area contributed by atoms with Gasteiger partial charge >= 0.3 is 0 Å². The molecule has 134 valence electrons. The van der Waals surface area contributed by atoms with Crippen LogP contribution in [0.2, 0.25) is 0 Å². The van der Waals surface area contributed by atoms with Crippen molar-refractivity contribution in [3.63, 3.8) is 0 Å². The number of rotatable bonds is 12. The molecule has 4 bridgehead atoms. The maximum absolute atomic E-state index is 3.52. The fourth-order valence-corrected chi connectivity index (χ4v) is 6.79. The Morgan fingerprint density at radius 3 is 1.43 bits per heavy atom. The monoisotopic (exact) mass is 382 g/mol. The van der Waals surface area contributed by atoms with E-state index in [4.69, 9.17) is 0 Å². The first-order chi connectivity index (χ1) is 11.4. The van der Waals surface area contributed by atoms with E-state index in [1.165, 1.54) is 69.5 Å². The van der Waals surface area contributed by atoms with Crippen molar-refractivity contribution >= 4 is 15.9 Å². The lowest BCUT2D eigenvalue weighted by atomic mass is 9.51. The van der Waals surface area contributed by atoms with Crippen molar-refractivity contribution < 1.29 is 0 Å². The van der Waals surface area contributed by atoms with Gasteiger partial charge in [0.15, 0.2) is 0 Å². The van der Waals surface area contributed by atoms with Crippen LogP contribution in [-0.4, -0.2) is 5.33 Å². The normalized spacial score (nSPS) is 35.1. The summed E-state index contributed by atoms with van der Waals surface area (Å²) in [6, 6.07) is 0. The average Bonchev–Trinajstić information content (AvgIpc) is 2.54. The smallest absolute Gasteiger partial charge is 0.00313 e. The molecular formula is C22H39Br. The van der Waals surface area contributed by atoms with Crippen molar-refractivity contribution in [2.75, 3.05) is 5.33 Å². The summed E-state index contributed by atoms with van der Waals surface area (Å²) in [6.45, 7) is 0. The third-order valence-corrected chi connectivity index (χ3v) is 7.90. The molecule has 4 aliphatic carbocycles. The summed E-state index contributed by atoms with van der Waals surface area (Å²) in [5.74, 6) is 5.78. The fraction of sp³-hybridized carbons (Fsp3) is 1.00. The van der Waals surface area contributed by atoms with Crippen molar-refractivity contribution in [1.29, 1.82) is 0 Å². The molecule has 0 nitrogen and oxygen atoms in total. The number of hydrogen-bond donors (Lipinski definition) is 0. The van der Waals surface area contributed by atoms with E-state index >= 15 is 0 Å². The predicted molar refractivity (Wildman–Crippen MR) is 105 cm³/mol. The molecule has 0 heterocycles. The van der Waals surface area contributed by atoms with Crippen LogP contribution in [0.1, 0.15) is 103 Å². The highest BCUT2D eigenvalue weighted by atomic mass is 79.9. The molecule has 23 heavy (non-hydrogen) atoms. The second-order valence-corrected chi connectivity index (χ2v) is 9.90. The Bertz CT molecular complexity index is 296. The largest absolute Gasteiger partial charge is 0.0928 e. The predicted octanol–water partition coefficient (Wildman–Crippen LogP) is 7.74. The highest BCUT2D eigenvalue weighted by molar-refractivity contribution is 9.09. The quantitative estimate of drug-likeness (QED) is 0.239. The molecule has 0 unspecified atom stereocenters. The minimum Gasteiger partial charge on any atom is -0.0928 e.